The minimum Gasteiger partial charge on any atom is -0.211 e. The van der Waals surface area contributed by atoms with Crippen molar-refractivity contribution in [1.82, 2.24) is 0 Å². The van der Waals surface area contributed by atoms with Gasteiger partial charge >= 0.3 is 0 Å². The van der Waals surface area contributed by atoms with E-state index in [2.05, 4.69) is 46.4 Å². The third kappa shape index (κ3) is 6.70. The third-order valence-corrected chi connectivity index (χ3v) is 8.20. The van der Waals surface area contributed by atoms with E-state index in [0.717, 1.165) is 38.5 Å². The van der Waals surface area contributed by atoms with Gasteiger partial charge in [-0.2, -0.15) is 0 Å². The molecule has 29 heavy (non-hydrogen) atoms. The monoisotopic (exact) mass is 442 g/mol. The van der Waals surface area contributed by atoms with Gasteiger partial charge in [-0.1, -0.05) is 0 Å². The van der Waals surface area contributed by atoms with Crippen molar-refractivity contribution in [2.24, 2.45) is 9.98 Å². The van der Waals surface area contributed by atoms with E-state index >= 15 is 0 Å². The number of hydrogen-bond acceptors (Lipinski definition) is 7. The molecule has 0 amide bonds. The molecule has 0 radical (unpaired) electrons. The number of aryl methyl sites for hydroxylation is 2. The highest BCUT2D eigenvalue weighted by molar-refractivity contribution is 7.26. The van der Waals surface area contributed by atoms with E-state index in [1.807, 2.05) is 34.0 Å². The highest BCUT2D eigenvalue weighted by Gasteiger charge is 2.10. The minimum absolute atomic E-state index is 0.575. The van der Waals surface area contributed by atoms with Crippen LogP contribution in [-0.2, 0) is 22.4 Å². The summed E-state index contributed by atoms with van der Waals surface area (Å²) in [6, 6.07) is 13.3. The minimum atomic E-state index is 0.575. The number of nitrogens with zero attached hydrogens (tertiary/aromatic N) is 2. The van der Waals surface area contributed by atoms with Crippen LogP contribution in [-0.4, -0.2) is 25.2 Å². The first-order chi connectivity index (χ1) is 14.3. The zero-order valence-electron chi connectivity index (χ0n) is 16.1. The van der Waals surface area contributed by atoms with Crippen LogP contribution in [0.3, 0.4) is 0 Å². The molecule has 0 aliphatic carbocycles. The summed E-state index contributed by atoms with van der Waals surface area (Å²) in [7, 11) is 0. The number of isocyanates is 2. The molecule has 3 aromatic rings. The Morgan fingerprint density at radius 1 is 0.586 bits per heavy atom. The van der Waals surface area contributed by atoms with Crippen LogP contribution in [0.15, 0.2) is 46.4 Å². The fourth-order valence-corrected chi connectivity index (χ4v) is 6.25. The van der Waals surface area contributed by atoms with Crippen molar-refractivity contribution in [3.05, 3.63) is 46.2 Å². The molecule has 3 heterocycles. The molecule has 3 rings (SSSR count). The molecule has 0 aliphatic heterocycles. The lowest BCUT2D eigenvalue weighted by Crippen LogP contribution is -1.84. The van der Waals surface area contributed by atoms with Crippen molar-refractivity contribution >= 4 is 46.2 Å². The Labute approximate surface area is 182 Å². The van der Waals surface area contributed by atoms with E-state index in [-0.39, 0.29) is 0 Å². The van der Waals surface area contributed by atoms with E-state index in [0.29, 0.717) is 13.1 Å². The van der Waals surface area contributed by atoms with E-state index in [1.165, 1.54) is 29.3 Å². The van der Waals surface area contributed by atoms with E-state index in [1.54, 1.807) is 12.2 Å². The van der Waals surface area contributed by atoms with Crippen LogP contribution in [0.1, 0.15) is 35.4 Å². The summed E-state index contributed by atoms with van der Waals surface area (Å²) in [5.41, 5.74) is 0. The Morgan fingerprint density at radius 3 is 1.45 bits per heavy atom. The normalized spacial score (nSPS) is 10.5. The highest BCUT2D eigenvalue weighted by atomic mass is 32.1. The second-order valence-electron chi connectivity index (χ2n) is 6.56. The summed E-state index contributed by atoms with van der Waals surface area (Å²) in [6.45, 7) is 1.15. The van der Waals surface area contributed by atoms with Gasteiger partial charge in [-0.25, -0.2) is 19.6 Å². The van der Waals surface area contributed by atoms with Crippen molar-refractivity contribution in [3.63, 3.8) is 0 Å². The molecule has 150 valence electrons. The van der Waals surface area contributed by atoms with Crippen LogP contribution in [0.5, 0.6) is 0 Å². The predicted octanol–water partition coefficient (Wildman–Crippen LogP) is 6.52. The fraction of sp³-hybridized carbons (Fsp3) is 0.364. The summed E-state index contributed by atoms with van der Waals surface area (Å²) in [6.07, 6.45) is 9.18. The van der Waals surface area contributed by atoms with Crippen LogP contribution in [0.2, 0.25) is 0 Å². The summed E-state index contributed by atoms with van der Waals surface area (Å²) in [5.74, 6) is 0. The molecule has 0 atom stereocenters. The quantitative estimate of drug-likeness (QED) is 0.182. The second kappa shape index (κ2) is 11.8. The Morgan fingerprint density at radius 2 is 1.00 bits per heavy atom. The average molecular weight is 443 g/mol. The van der Waals surface area contributed by atoms with Crippen molar-refractivity contribution in [2.75, 3.05) is 13.1 Å². The van der Waals surface area contributed by atoms with Crippen LogP contribution >= 0.6 is 34.0 Å². The van der Waals surface area contributed by atoms with Gasteiger partial charge in [0.15, 0.2) is 0 Å². The van der Waals surface area contributed by atoms with Gasteiger partial charge in [0.25, 0.3) is 0 Å². The Bertz CT molecular complexity index is 926. The van der Waals surface area contributed by atoms with E-state index < -0.39 is 0 Å². The number of thiophene rings is 3. The fourth-order valence-electron chi connectivity index (χ4n) is 2.96. The SMILES string of the molecule is O=C=NCCCCc1ccc(-c2ccc(-c3ccc(CCCCN=C=O)s3)s2)s1. The standard InChI is InChI=1S/C22H22N2O2S3/c25-15-23-13-3-1-5-17-7-9-19(27-17)21-11-12-22(29-21)20-10-8-18(28-20)6-2-4-14-24-16-26/h7-12H,1-6,13-14H2. The van der Waals surface area contributed by atoms with Gasteiger partial charge in [0.1, 0.15) is 0 Å². The first-order valence-electron chi connectivity index (χ1n) is 9.65. The van der Waals surface area contributed by atoms with Gasteiger partial charge in [-0.05, 0) is 74.9 Å². The van der Waals surface area contributed by atoms with Gasteiger partial charge in [0.05, 0.1) is 13.1 Å². The topological polar surface area (TPSA) is 58.9 Å². The Balaban J connectivity index is 1.54. The molecule has 0 saturated carbocycles. The molecule has 0 aromatic carbocycles. The van der Waals surface area contributed by atoms with Gasteiger partial charge in [0.2, 0.25) is 12.2 Å². The van der Waals surface area contributed by atoms with Crippen LogP contribution in [0, 0.1) is 0 Å². The zero-order chi connectivity index (χ0) is 20.3. The molecule has 0 saturated heterocycles. The molecule has 7 heteroatoms. The molecule has 0 unspecified atom stereocenters. The second-order valence-corrected chi connectivity index (χ2v) is 9.98. The lowest BCUT2D eigenvalue weighted by molar-refractivity contribution is 0.561. The zero-order valence-corrected chi connectivity index (χ0v) is 18.5. The van der Waals surface area contributed by atoms with Gasteiger partial charge in [-0.3, -0.25) is 0 Å². The maximum absolute atomic E-state index is 10.1. The summed E-state index contributed by atoms with van der Waals surface area (Å²) in [4.78, 5) is 35.4. The number of hydrogen-bond donors (Lipinski definition) is 0. The molecule has 4 nitrogen and oxygen atoms in total. The Hall–Kier alpha value is -2.14. The maximum Gasteiger partial charge on any atom is 0.234 e. The van der Waals surface area contributed by atoms with Gasteiger partial charge in [0, 0.05) is 29.3 Å². The van der Waals surface area contributed by atoms with Crippen LogP contribution in [0.25, 0.3) is 19.5 Å². The molecule has 0 aliphatic rings. The molecular weight excluding hydrogens is 420 g/mol. The molecule has 0 bridgehead atoms. The maximum atomic E-state index is 10.1. The van der Waals surface area contributed by atoms with Crippen molar-refractivity contribution in [3.8, 4) is 19.5 Å². The first kappa shape index (κ1) is 21.6. The van der Waals surface area contributed by atoms with Crippen molar-refractivity contribution in [2.45, 2.75) is 38.5 Å². The third-order valence-electron chi connectivity index (χ3n) is 4.43. The first-order valence-corrected chi connectivity index (χ1v) is 12.1. The van der Waals surface area contributed by atoms with Gasteiger partial charge in [-0.15, -0.1) is 34.0 Å². The molecule has 0 spiro atoms. The molecule has 0 N–H and O–H groups in total. The van der Waals surface area contributed by atoms with Crippen LogP contribution in [0.4, 0.5) is 0 Å². The van der Waals surface area contributed by atoms with Gasteiger partial charge < -0.3 is 0 Å². The number of rotatable bonds is 12. The van der Waals surface area contributed by atoms with Crippen molar-refractivity contribution in [1.29, 1.82) is 0 Å². The molecular formula is C22H22N2O2S3. The Kier molecular flexibility index (Phi) is 8.75. The molecule has 3 aromatic heterocycles. The molecule has 0 fully saturated rings. The largest absolute Gasteiger partial charge is 0.234 e. The van der Waals surface area contributed by atoms with Crippen molar-refractivity contribution < 1.29 is 9.59 Å². The lowest BCUT2D eigenvalue weighted by atomic mass is 10.2. The summed E-state index contributed by atoms with van der Waals surface area (Å²) < 4.78 is 0. The lowest BCUT2D eigenvalue weighted by Gasteiger charge is -1.95. The van der Waals surface area contributed by atoms with E-state index in [9.17, 15) is 9.59 Å². The smallest absolute Gasteiger partial charge is 0.211 e. The highest BCUT2D eigenvalue weighted by Crippen LogP contribution is 2.40. The average Bonchev–Trinajstić information content (AvgIpc) is 3.47. The van der Waals surface area contributed by atoms with Crippen LogP contribution < -0.4 is 0 Å². The predicted molar refractivity (Wildman–Crippen MR) is 123 cm³/mol. The number of carbonyl (C=O) groups excluding carboxylic acids is 2. The summed E-state index contributed by atoms with van der Waals surface area (Å²) in [5, 5.41) is 0. The number of aliphatic imine (C=N–C) groups is 2. The number of unbranched alkanes of at least 4 members (excludes halogenated alkanes) is 2. The van der Waals surface area contributed by atoms with E-state index in [4.69, 9.17) is 0 Å². The summed E-state index contributed by atoms with van der Waals surface area (Å²) >= 11 is 5.54.